The Morgan fingerprint density at radius 3 is 2.48 bits per heavy atom. The molecule has 0 radical (unpaired) electrons. The van der Waals surface area contributed by atoms with Gasteiger partial charge in [0.25, 0.3) is 11.9 Å². The van der Waals surface area contributed by atoms with E-state index in [1.807, 2.05) is 18.2 Å². The van der Waals surface area contributed by atoms with Gasteiger partial charge in [0.05, 0.1) is 10.9 Å². The largest absolute Gasteiger partial charge is 0.364 e. The van der Waals surface area contributed by atoms with Crippen molar-refractivity contribution in [2.45, 2.75) is 0 Å². The number of halogens is 1. The van der Waals surface area contributed by atoms with Crippen molar-refractivity contribution in [3.05, 3.63) is 66.5 Å². The van der Waals surface area contributed by atoms with Crippen LogP contribution >= 0.6 is 0 Å². The lowest BCUT2D eigenvalue weighted by Crippen LogP contribution is -2.14. The summed E-state index contributed by atoms with van der Waals surface area (Å²) in [6.07, 6.45) is 3.09. The van der Waals surface area contributed by atoms with Gasteiger partial charge >= 0.3 is 0 Å². The van der Waals surface area contributed by atoms with Crippen LogP contribution in [0.5, 0.6) is 0 Å². The summed E-state index contributed by atoms with van der Waals surface area (Å²) in [6.45, 7) is 0. The first-order valence-corrected chi connectivity index (χ1v) is 7.37. The minimum atomic E-state index is -0.830. The molecule has 3 aromatic heterocycles. The monoisotopic (exact) mass is 334 g/mol. The molecule has 0 fully saturated rings. The lowest BCUT2D eigenvalue weighted by Gasteiger charge is -2.02. The Hall–Kier alpha value is -3.68. The molecule has 0 atom stereocenters. The molecular formula is C17H11FN6O. The molecule has 7 nitrogen and oxygen atoms in total. The summed E-state index contributed by atoms with van der Waals surface area (Å²) in [7, 11) is 0. The summed E-state index contributed by atoms with van der Waals surface area (Å²) in [5, 5.41) is 4.62. The van der Waals surface area contributed by atoms with Crippen molar-refractivity contribution < 1.29 is 9.18 Å². The van der Waals surface area contributed by atoms with Crippen LogP contribution in [0.4, 0.5) is 4.39 Å². The third-order valence-electron chi connectivity index (χ3n) is 3.66. The molecule has 0 saturated carbocycles. The normalized spacial score (nSPS) is 10.9. The number of primary amides is 1. The van der Waals surface area contributed by atoms with Gasteiger partial charge < -0.3 is 5.73 Å². The molecule has 0 spiro atoms. The van der Waals surface area contributed by atoms with Crippen LogP contribution in [0.15, 0.2) is 54.9 Å². The Kier molecular flexibility index (Phi) is 3.42. The van der Waals surface area contributed by atoms with Gasteiger partial charge in [0.1, 0.15) is 11.4 Å². The minimum Gasteiger partial charge on any atom is -0.364 e. The van der Waals surface area contributed by atoms with Crippen molar-refractivity contribution in [2.75, 3.05) is 0 Å². The average molecular weight is 334 g/mol. The van der Waals surface area contributed by atoms with E-state index in [1.165, 1.54) is 10.7 Å². The van der Waals surface area contributed by atoms with E-state index in [4.69, 9.17) is 5.73 Å². The number of carbonyl (C=O) groups is 1. The summed E-state index contributed by atoms with van der Waals surface area (Å²) < 4.78 is 16.0. The van der Waals surface area contributed by atoms with Gasteiger partial charge in [0.15, 0.2) is 0 Å². The molecule has 8 heteroatoms. The Morgan fingerprint density at radius 2 is 1.80 bits per heavy atom. The Morgan fingerprint density at radius 1 is 1.08 bits per heavy atom. The zero-order valence-corrected chi connectivity index (χ0v) is 12.8. The first-order valence-electron chi connectivity index (χ1n) is 7.37. The van der Waals surface area contributed by atoms with E-state index in [1.54, 1.807) is 30.6 Å². The van der Waals surface area contributed by atoms with Crippen LogP contribution < -0.4 is 5.73 Å². The van der Waals surface area contributed by atoms with Gasteiger partial charge in [-0.3, -0.25) is 4.79 Å². The van der Waals surface area contributed by atoms with E-state index in [2.05, 4.69) is 20.1 Å². The molecule has 0 aliphatic heterocycles. The lowest BCUT2D eigenvalue weighted by molar-refractivity contribution is 0.0994. The van der Waals surface area contributed by atoms with Crippen molar-refractivity contribution in [2.24, 2.45) is 5.73 Å². The highest BCUT2D eigenvalue weighted by Crippen LogP contribution is 2.30. The number of aromatic nitrogens is 5. The third kappa shape index (κ3) is 2.49. The average Bonchev–Trinajstić information content (AvgIpc) is 3.03. The van der Waals surface area contributed by atoms with Crippen LogP contribution in [0, 0.1) is 5.95 Å². The second-order valence-corrected chi connectivity index (χ2v) is 5.23. The fraction of sp³-hybridized carbons (Fsp3) is 0. The van der Waals surface area contributed by atoms with Gasteiger partial charge in [-0.2, -0.15) is 14.2 Å². The zero-order chi connectivity index (χ0) is 17.4. The number of carbonyl (C=O) groups excluding carboxylic acids is 1. The Bertz CT molecular complexity index is 1080. The Balaban J connectivity index is 2.09. The molecule has 0 aliphatic carbocycles. The van der Waals surface area contributed by atoms with E-state index >= 15 is 0 Å². The molecule has 4 aromatic rings. The van der Waals surface area contributed by atoms with Gasteiger partial charge in [0, 0.05) is 18.0 Å². The SMILES string of the molecule is NC(=O)c1cc2c(c(F)n1)c(-c1ccccc1)nn2-c1ncccn1. The minimum absolute atomic E-state index is 0.170. The summed E-state index contributed by atoms with van der Waals surface area (Å²) in [5.41, 5.74) is 6.45. The van der Waals surface area contributed by atoms with Crippen LogP contribution in [0.3, 0.4) is 0 Å². The zero-order valence-electron chi connectivity index (χ0n) is 12.8. The van der Waals surface area contributed by atoms with E-state index in [-0.39, 0.29) is 17.0 Å². The standard InChI is InChI=1S/C17H11FN6O/c18-15-13-12(9-11(22-15)16(19)25)24(17-20-7-4-8-21-17)23-14(13)10-5-2-1-3-6-10/h1-9H,(H2,19,25). The van der Waals surface area contributed by atoms with Gasteiger partial charge in [-0.25, -0.2) is 15.0 Å². The maximum absolute atomic E-state index is 14.7. The predicted octanol–water partition coefficient (Wildman–Crippen LogP) is 2.12. The van der Waals surface area contributed by atoms with Gasteiger partial charge in [0.2, 0.25) is 5.95 Å². The molecule has 4 rings (SSSR count). The van der Waals surface area contributed by atoms with Crippen molar-refractivity contribution in [3.63, 3.8) is 0 Å². The second-order valence-electron chi connectivity index (χ2n) is 5.23. The molecule has 3 heterocycles. The molecule has 1 amide bonds. The number of nitrogens with zero attached hydrogens (tertiary/aromatic N) is 5. The summed E-state index contributed by atoms with van der Waals surface area (Å²) in [6, 6.07) is 12.1. The van der Waals surface area contributed by atoms with Crippen molar-refractivity contribution in [1.82, 2.24) is 24.7 Å². The van der Waals surface area contributed by atoms with Crippen molar-refractivity contribution in [1.29, 1.82) is 0 Å². The molecule has 122 valence electrons. The van der Waals surface area contributed by atoms with Gasteiger partial charge in [-0.05, 0) is 12.1 Å². The number of benzene rings is 1. The number of pyridine rings is 1. The van der Waals surface area contributed by atoms with Crippen molar-refractivity contribution >= 4 is 16.8 Å². The molecule has 0 bridgehead atoms. The predicted molar refractivity (Wildman–Crippen MR) is 88.4 cm³/mol. The number of rotatable bonds is 3. The topological polar surface area (TPSA) is 99.6 Å². The molecular weight excluding hydrogens is 323 g/mol. The number of amides is 1. The highest BCUT2D eigenvalue weighted by Gasteiger charge is 2.21. The molecule has 2 N–H and O–H groups in total. The lowest BCUT2D eigenvalue weighted by atomic mass is 10.1. The highest BCUT2D eigenvalue weighted by atomic mass is 19.1. The molecule has 0 aliphatic rings. The summed E-state index contributed by atoms with van der Waals surface area (Å²) in [4.78, 5) is 23.4. The second kappa shape index (κ2) is 5.75. The molecule has 1 aromatic carbocycles. The van der Waals surface area contributed by atoms with Gasteiger partial charge in [-0.15, -0.1) is 0 Å². The number of hydrogen-bond acceptors (Lipinski definition) is 5. The van der Waals surface area contributed by atoms with Crippen LogP contribution in [0.2, 0.25) is 0 Å². The molecule has 0 unspecified atom stereocenters. The van der Waals surface area contributed by atoms with Crippen LogP contribution in [0.1, 0.15) is 10.5 Å². The maximum Gasteiger partial charge on any atom is 0.267 e. The fourth-order valence-electron chi connectivity index (χ4n) is 2.57. The first-order chi connectivity index (χ1) is 12.1. The van der Waals surface area contributed by atoms with Crippen molar-refractivity contribution in [3.8, 4) is 17.2 Å². The van der Waals surface area contributed by atoms with E-state index in [0.717, 1.165) is 0 Å². The number of nitrogens with two attached hydrogens (primary N) is 1. The fourth-order valence-corrected chi connectivity index (χ4v) is 2.57. The van der Waals surface area contributed by atoms with Crippen LogP contribution in [-0.2, 0) is 0 Å². The summed E-state index contributed by atoms with van der Waals surface area (Å²) in [5.74, 6) is -1.41. The highest BCUT2D eigenvalue weighted by molar-refractivity contribution is 5.99. The number of hydrogen-bond donors (Lipinski definition) is 1. The first kappa shape index (κ1) is 14.9. The number of fused-ring (bicyclic) bond motifs is 1. The smallest absolute Gasteiger partial charge is 0.267 e. The van der Waals surface area contributed by atoms with Crippen LogP contribution in [0.25, 0.3) is 28.1 Å². The quantitative estimate of drug-likeness (QED) is 0.579. The summed E-state index contributed by atoms with van der Waals surface area (Å²) >= 11 is 0. The van der Waals surface area contributed by atoms with E-state index in [0.29, 0.717) is 16.8 Å². The van der Waals surface area contributed by atoms with Crippen LogP contribution in [-0.4, -0.2) is 30.6 Å². The molecule has 25 heavy (non-hydrogen) atoms. The maximum atomic E-state index is 14.7. The molecule has 0 saturated heterocycles. The van der Waals surface area contributed by atoms with E-state index < -0.39 is 11.9 Å². The van der Waals surface area contributed by atoms with Gasteiger partial charge in [-0.1, -0.05) is 30.3 Å². The Labute approximate surface area is 141 Å². The van der Waals surface area contributed by atoms with E-state index in [9.17, 15) is 9.18 Å². The third-order valence-corrected chi connectivity index (χ3v) is 3.66.